The zero-order valence-corrected chi connectivity index (χ0v) is 53.6. The highest BCUT2D eigenvalue weighted by Gasteiger charge is 2.49. The molecule has 2 aliphatic rings. The Hall–Kier alpha value is -6.42. The fourth-order valence-corrected chi connectivity index (χ4v) is 12.0. The molecule has 27 heteroatoms. The van der Waals surface area contributed by atoms with Gasteiger partial charge in [-0.15, -0.1) is 0 Å². The van der Waals surface area contributed by atoms with Gasteiger partial charge in [0, 0.05) is 67.6 Å². The van der Waals surface area contributed by atoms with Crippen molar-refractivity contribution in [1.82, 2.24) is 31.6 Å². The molecule has 9 atom stereocenters. The molecule has 0 radical (unpaired) electrons. The van der Waals surface area contributed by atoms with Crippen LogP contribution in [0.5, 0.6) is 5.75 Å². The van der Waals surface area contributed by atoms with Gasteiger partial charge in [-0.2, -0.15) is 0 Å². The number of rotatable bonds is 24. The molecule has 1 aromatic heterocycles. The van der Waals surface area contributed by atoms with Crippen LogP contribution >= 0.6 is 43.5 Å². The molecule has 0 aliphatic carbocycles. The molecular weight excluding hydrogens is 1270 g/mol. The number of pyridine rings is 1. The highest BCUT2D eigenvalue weighted by atomic mass is 79.9. The number of hydrogen-bond donors (Lipinski definition) is 10. The van der Waals surface area contributed by atoms with Gasteiger partial charge < -0.3 is 71.2 Å². The maximum Gasteiger partial charge on any atom is 0.411 e. The molecule has 0 saturated carbocycles. The van der Waals surface area contributed by atoms with Crippen molar-refractivity contribution in [2.45, 2.75) is 140 Å². The molecule has 1 saturated heterocycles. The SMILES string of the molecule is COc1cc2cc(c1Cl)N(C)C(=O)C[C@H](OC(=O)Nc1ccc(NC(=O)[C@H](CCCNC(N)=O)NC(=O)[C@@H](NC(=O)CCCCCNC(C=O)(CBr)CBr)C(C)C)c3ncccc13)[C@@H](C)[C@@H](O)[C@H](C)[C@@H]1C[C@@](O)(NC(=O)O1)[C@H](OC)/C=C/C=C(\C)C2. The minimum Gasteiger partial charge on any atom is -0.495 e. The van der Waals surface area contributed by atoms with E-state index in [1.54, 1.807) is 70.2 Å². The third-order valence-electron chi connectivity index (χ3n) is 15.3. The number of benzene rings is 2. The Morgan fingerprint density at radius 2 is 1.72 bits per heavy atom. The summed E-state index contributed by atoms with van der Waals surface area (Å²) in [7, 11) is 4.33. The van der Waals surface area contributed by atoms with E-state index in [0.717, 1.165) is 17.4 Å². The number of carbonyl (C=O) groups is 8. The van der Waals surface area contributed by atoms with Crippen molar-refractivity contribution in [1.29, 1.82) is 0 Å². The van der Waals surface area contributed by atoms with Gasteiger partial charge in [-0.25, -0.2) is 14.4 Å². The summed E-state index contributed by atoms with van der Waals surface area (Å²) in [6.45, 7) is 9.20. The number of primary amides is 1. The summed E-state index contributed by atoms with van der Waals surface area (Å²) in [6, 6.07) is 6.67. The first kappa shape index (κ1) is 70.3. The average molecular weight is 1350 g/mol. The van der Waals surface area contributed by atoms with Crippen molar-refractivity contribution in [3.05, 3.63) is 77.0 Å². The van der Waals surface area contributed by atoms with Crippen molar-refractivity contribution < 1.29 is 67.5 Å². The summed E-state index contributed by atoms with van der Waals surface area (Å²) in [5.41, 5.74) is 5.01. The Morgan fingerprint density at radius 3 is 2.38 bits per heavy atom. The van der Waals surface area contributed by atoms with E-state index in [1.165, 1.54) is 44.5 Å². The van der Waals surface area contributed by atoms with Crippen LogP contribution in [0.15, 0.2) is 66.4 Å². The standard InChI is InChI=1S/C59H81Br2ClN10O14/c1-33(2)50(70-47(74)19-10-9-11-24-66-58(30-60,31-61)32-73)54(78)68-41(17-14-23-65-55(63)79)53(77)67-40-21-20-39(38-16-13-22-64-51(38)40)69-56(80)85-43-28-48(75)72(6)42-26-37(27-44(83-7)49(42)62)25-34(3)15-12-18-46(84-8)59(82)29-45(86-57(81)71-59)36(5)52(76)35(43)4/h12-13,15-16,18,20-22,26-27,32-33,35-36,41,43,45-46,50,52,66,76,82H,9-11,14,17,19,23-25,28-31H2,1-8H3,(H,67,77)(H,68,78)(H,69,80)(H,70,74)(H,71,81)(H3,63,65,79)/b18-12+,34-15+/t35-,36-,41+,43+,45+,46-,50+,52-,59+/m1/s1. The number of nitrogens with two attached hydrogens (primary N) is 1. The molecule has 4 bridgehead atoms. The van der Waals surface area contributed by atoms with Crippen LogP contribution in [-0.4, -0.2) is 156 Å². The number of nitrogens with zero attached hydrogens (tertiary/aromatic N) is 2. The number of aliphatic hydroxyl groups is 2. The summed E-state index contributed by atoms with van der Waals surface area (Å²) in [4.78, 5) is 112. The fourth-order valence-electron chi connectivity index (χ4n) is 10.1. The highest BCUT2D eigenvalue weighted by Crippen LogP contribution is 2.38. The molecule has 11 N–H and O–H groups in total. The number of alkyl halides is 2. The summed E-state index contributed by atoms with van der Waals surface area (Å²) in [5.74, 6) is -4.26. The summed E-state index contributed by atoms with van der Waals surface area (Å²) < 4.78 is 23.0. The highest BCUT2D eigenvalue weighted by molar-refractivity contribution is 9.10. The summed E-state index contributed by atoms with van der Waals surface area (Å²) in [5, 5.41) is 44.7. The number of allylic oxidation sites excluding steroid dienone is 3. The van der Waals surface area contributed by atoms with Gasteiger partial charge in [0.25, 0.3) is 0 Å². The average Bonchev–Trinajstić information content (AvgIpc) is 1.84. The van der Waals surface area contributed by atoms with Crippen LogP contribution in [0.4, 0.5) is 31.4 Å². The van der Waals surface area contributed by atoms with Crippen LogP contribution in [0.3, 0.4) is 0 Å². The first-order valence-corrected chi connectivity index (χ1v) is 31.0. The quantitative estimate of drug-likeness (QED) is 0.0255. The molecule has 24 nitrogen and oxygen atoms in total. The number of urea groups is 1. The number of anilines is 3. The number of nitrogens with one attached hydrogen (secondary N) is 7. The van der Waals surface area contributed by atoms with Gasteiger partial charge in [0.05, 0.1) is 47.8 Å². The first-order chi connectivity index (χ1) is 40.8. The lowest BCUT2D eigenvalue weighted by atomic mass is 9.81. The molecule has 2 aromatic carbocycles. The number of hydrogen-bond acceptors (Lipinski definition) is 16. The number of amides is 8. The van der Waals surface area contributed by atoms with Crippen molar-refractivity contribution in [3.8, 4) is 5.75 Å². The van der Waals surface area contributed by atoms with Crippen LogP contribution in [0.25, 0.3) is 10.9 Å². The lowest BCUT2D eigenvalue weighted by molar-refractivity contribution is -0.152. The predicted molar refractivity (Wildman–Crippen MR) is 333 cm³/mol. The molecule has 8 amide bonds. The maximum absolute atomic E-state index is 14.5. The molecule has 1 fully saturated rings. The zero-order chi connectivity index (χ0) is 63.5. The smallest absolute Gasteiger partial charge is 0.411 e. The van der Waals surface area contributed by atoms with Gasteiger partial charge in [0.15, 0.2) is 5.72 Å². The number of halogens is 3. The minimum atomic E-state index is -1.98. The zero-order valence-electron chi connectivity index (χ0n) is 49.6. The van der Waals surface area contributed by atoms with E-state index in [1.807, 2.05) is 6.92 Å². The van der Waals surface area contributed by atoms with Crippen LogP contribution in [0, 0.1) is 17.8 Å². The van der Waals surface area contributed by atoms with Crippen molar-refractivity contribution >= 4 is 120 Å². The van der Waals surface area contributed by atoms with Gasteiger partial charge in [-0.05, 0) is 93.5 Å². The molecular formula is C59H81Br2ClN10O14. The van der Waals surface area contributed by atoms with Crippen LogP contribution < -0.4 is 52.6 Å². The Bertz CT molecular complexity index is 2950. The Morgan fingerprint density at radius 1 is 1.00 bits per heavy atom. The van der Waals surface area contributed by atoms with Gasteiger partial charge >= 0.3 is 18.2 Å². The van der Waals surface area contributed by atoms with Gasteiger partial charge in [-0.1, -0.05) is 101 Å². The normalized spacial score (nSPS) is 22.9. The second-order valence-corrected chi connectivity index (χ2v) is 23.6. The summed E-state index contributed by atoms with van der Waals surface area (Å²) in [6.07, 6.45) is 2.39. The third kappa shape index (κ3) is 19.3. The van der Waals surface area contributed by atoms with Gasteiger partial charge in [0.2, 0.25) is 23.6 Å². The van der Waals surface area contributed by atoms with Crippen LogP contribution in [0.2, 0.25) is 5.02 Å². The van der Waals surface area contributed by atoms with Gasteiger partial charge in [-0.3, -0.25) is 34.8 Å². The van der Waals surface area contributed by atoms with Gasteiger partial charge in [0.1, 0.15) is 47.5 Å². The maximum atomic E-state index is 14.5. The second-order valence-electron chi connectivity index (χ2n) is 22.1. The predicted octanol–water partition coefficient (Wildman–Crippen LogP) is 6.65. The van der Waals surface area contributed by atoms with E-state index >= 15 is 0 Å². The Labute approximate surface area is 522 Å². The molecule has 0 spiro atoms. The number of carbonyl (C=O) groups excluding carboxylic acids is 8. The number of aldehydes is 1. The van der Waals surface area contributed by atoms with E-state index in [2.05, 4.69) is 74.1 Å². The number of ether oxygens (including phenoxy) is 4. The van der Waals surface area contributed by atoms with E-state index in [9.17, 15) is 48.6 Å². The largest absolute Gasteiger partial charge is 0.495 e. The number of aromatic nitrogens is 1. The second kappa shape index (κ2) is 33.1. The number of aliphatic hydroxyl groups excluding tert-OH is 1. The van der Waals surface area contributed by atoms with Crippen LogP contribution in [-0.2, 0) is 44.6 Å². The van der Waals surface area contributed by atoms with E-state index in [4.69, 9.17) is 36.3 Å². The lowest BCUT2D eigenvalue weighted by Crippen LogP contribution is -2.64. The molecule has 0 unspecified atom stereocenters. The number of alkyl carbamates (subject to hydrolysis) is 1. The Kier molecular flexibility index (Phi) is 27.1. The number of fused-ring (bicyclic) bond motifs is 5. The molecule has 2 aliphatic heterocycles. The topological polar surface area (TPSA) is 340 Å². The molecule has 5 rings (SSSR count). The first-order valence-electron chi connectivity index (χ1n) is 28.3. The van der Waals surface area contributed by atoms with Crippen molar-refractivity contribution in [2.75, 3.05) is 60.6 Å². The number of methoxy groups -OCH3 is 2. The van der Waals surface area contributed by atoms with E-state index in [-0.39, 0.29) is 66.0 Å². The molecule has 3 heterocycles. The molecule has 472 valence electrons. The fraction of sp³-hybridized carbons (Fsp3) is 0.542. The monoisotopic (exact) mass is 1350 g/mol. The van der Waals surface area contributed by atoms with Crippen molar-refractivity contribution in [3.63, 3.8) is 0 Å². The Balaban J connectivity index is 1.38. The number of unbranched alkanes of at least 4 members (excludes halogenated alkanes) is 2. The minimum absolute atomic E-state index is 0.0322. The van der Waals surface area contributed by atoms with Crippen molar-refractivity contribution in [2.24, 2.45) is 23.5 Å². The van der Waals surface area contributed by atoms with E-state index < -0.39 is 102 Å². The molecule has 3 aromatic rings. The lowest BCUT2D eigenvalue weighted by Gasteiger charge is -2.43. The summed E-state index contributed by atoms with van der Waals surface area (Å²) >= 11 is 13.6. The molecule has 86 heavy (non-hydrogen) atoms. The van der Waals surface area contributed by atoms with E-state index in [0.29, 0.717) is 59.7 Å². The third-order valence-corrected chi connectivity index (χ3v) is 17.7. The van der Waals surface area contributed by atoms with Crippen LogP contribution in [0.1, 0.15) is 91.5 Å².